The van der Waals surface area contributed by atoms with Crippen LogP contribution >= 0.6 is 11.3 Å². The SMILES string of the molecule is Cc1cc(C(=O)O)ccc1-c1ccc(/C=N\Nc2nc3ccccc3s2)o1. The normalized spacial score (nSPS) is 11.3. The van der Waals surface area contributed by atoms with E-state index in [1.54, 1.807) is 24.4 Å². The lowest BCUT2D eigenvalue weighted by atomic mass is 10.0. The van der Waals surface area contributed by atoms with Crippen molar-refractivity contribution in [2.75, 3.05) is 5.43 Å². The Morgan fingerprint density at radius 1 is 1.22 bits per heavy atom. The van der Waals surface area contributed by atoms with Crippen LogP contribution in [0.3, 0.4) is 0 Å². The molecule has 0 radical (unpaired) electrons. The molecule has 6 nitrogen and oxygen atoms in total. The van der Waals surface area contributed by atoms with Gasteiger partial charge in [-0.3, -0.25) is 5.43 Å². The van der Waals surface area contributed by atoms with Gasteiger partial charge in [-0.05, 0) is 48.9 Å². The van der Waals surface area contributed by atoms with E-state index in [4.69, 9.17) is 9.52 Å². The highest BCUT2D eigenvalue weighted by atomic mass is 32.1. The van der Waals surface area contributed by atoms with E-state index < -0.39 is 5.97 Å². The summed E-state index contributed by atoms with van der Waals surface area (Å²) >= 11 is 1.53. The lowest BCUT2D eigenvalue weighted by Gasteiger charge is -2.03. The maximum Gasteiger partial charge on any atom is 0.335 e. The minimum Gasteiger partial charge on any atom is -0.478 e. The molecule has 2 N–H and O–H groups in total. The van der Waals surface area contributed by atoms with Crippen molar-refractivity contribution in [3.8, 4) is 11.3 Å². The number of fused-ring (bicyclic) bond motifs is 1. The van der Waals surface area contributed by atoms with Gasteiger partial charge in [0.1, 0.15) is 11.5 Å². The van der Waals surface area contributed by atoms with Crippen LogP contribution in [0.15, 0.2) is 64.1 Å². The van der Waals surface area contributed by atoms with E-state index in [9.17, 15) is 4.79 Å². The van der Waals surface area contributed by atoms with E-state index >= 15 is 0 Å². The molecule has 0 fully saturated rings. The van der Waals surface area contributed by atoms with Crippen molar-refractivity contribution in [2.24, 2.45) is 5.10 Å². The summed E-state index contributed by atoms with van der Waals surface area (Å²) in [5, 5.41) is 13.9. The first-order chi connectivity index (χ1) is 13.1. The first-order valence-electron chi connectivity index (χ1n) is 8.19. The number of aromatic carboxylic acids is 1. The molecule has 4 rings (SSSR count). The number of carboxylic acid groups (broad SMARTS) is 1. The van der Waals surface area contributed by atoms with Gasteiger partial charge < -0.3 is 9.52 Å². The third-order valence-electron chi connectivity index (χ3n) is 4.01. The molecule has 0 aliphatic rings. The quantitative estimate of drug-likeness (QED) is 0.377. The second kappa shape index (κ2) is 7.05. The van der Waals surface area contributed by atoms with Crippen LogP contribution in [-0.2, 0) is 0 Å². The number of carbonyl (C=O) groups is 1. The largest absolute Gasteiger partial charge is 0.478 e. The van der Waals surface area contributed by atoms with Gasteiger partial charge in [-0.25, -0.2) is 9.78 Å². The van der Waals surface area contributed by atoms with Crippen molar-refractivity contribution < 1.29 is 14.3 Å². The summed E-state index contributed by atoms with van der Waals surface area (Å²) in [7, 11) is 0. The van der Waals surface area contributed by atoms with Crippen molar-refractivity contribution >= 4 is 38.9 Å². The molecule has 2 aromatic carbocycles. The smallest absolute Gasteiger partial charge is 0.335 e. The number of rotatable bonds is 5. The van der Waals surface area contributed by atoms with Gasteiger partial charge in [0.15, 0.2) is 0 Å². The van der Waals surface area contributed by atoms with Crippen LogP contribution in [0.1, 0.15) is 21.7 Å². The Labute approximate surface area is 158 Å². The molecule has 0 amide bonds. The highest BCUT2D eigenvalue weighted by molar-refractivity contribution is 7.22. The summed E-state index contributed by atoms with van der Waals surface area (Å²) in [6, 6.07) is 16.5. The Kier molecular flexibility index (Phi) is 4.43. The second-order valence-corrected chi connectivity index (χ2v) is 6.92. The van der Waals surface area contributed by atoms with E-state index in [2.05, 4.69) is 15.5 Å². The van der Waals surface area contributed by atoms with E-state index in [0.29, 0.717) is 16.7 Å². The Hall–Kier alpha value is -3.45. The molecule has 2 heterocycles. The predicted octanol–water partition coefficient (Wildman–Crippen LogP) is 5.01. The molecule has 134 valence electrons. The average molecular weight is 377 g/mol. The number of benzene rings is 2. The number of furan rings is 1. The summed E-state index contributed by atoms with van der Waals surface area (Å²) < 4.78 is 6.89. The van der Waals surface area contributed by atoms with Crippen molar-refractivity contribution in [1.82, 2.24) is 4.98 Å². The number of carboxylic acids is 1. The predicted molar refractivity (Wildman–Crippen MR) is 107 cm³/mol. The number of aromatic nitrogens is 1. The first kappa shape index (κ1) is 17.0. The number of hydrogen-bond acceptors (Lipinski definition) is 6. The zero-order valence-electron chi connectivity index (χ0n) is 14.3. The number of aryl methyl sites for hydroxylation is 1. The summed E-state index contributed by atoms with van der Waals surface area (Å²) in [6.45, 7) is 1.85. The summed E-state index contributed by atoms with van der Waals surface area (Å²) in [5.41, 5.74) is 5.78. The highest BCUT2D eigenvalue weighted by Gasteiger charge is 2.10. The van der Waals surface area contributed by atoms with Gasteiger partial charge in [0.2, 0.25) is 5.13 Å². The number of nitrogens with zero attached hydrogens (tertiary/aromatic N) is 2. The fourth-order valence-corrected chi connectivity index (χ4v) is 3.53. The summed E-state index contributed by atoms with van der Waals surface area (Å²) in [6.07, 6.45) is 1.58. The Morgan fingerprint density at radius 2 is 2.07 bits per heavy atom. The molecule has 0 aliphatic heterocycles. The standard InChI is InChI=1S/C20H15N3O3S/c1-12-10-13(19(24)25)6-8-15(12)17-9-7-14(26-17)11-21-23-20-22-16-4-2-3-5-18(16)27-20/h2-11H,1H3,(H,22,23)(H,24,25)/b21-11-. The van der Waals surface area contributed by atoms with Crippen LogP contribution in [0.5, 0.6) is 0 Å². The van der Waals surface area contributed by atoms with E-state index in [1.165, 1.54) is 11.3 Å². The monoisotopic (exact) mass is 377 g/mol. The van der Waals surface area contributed by atoms with Gasteiger partial charge in [0.25, 0.3) is 0 Å². The fraction of sp³-hybridized carbons (Fsp3) is 0.0500. The number of anilines is 1. The average Bonchev–Trinajstić information content (AvgIpc) is 3.28. The number of hydrogen-bond donors (Lipinski definition) is 2. The minimum absolute atomic E-state index is 0.254. The number of thiazole rings is 1. The summed E-state index contributed by atoms with van der Waals surface area (Å²) in [4.78, 5) is 15.5. The van der Waals surface area contributed by atoms with E-state index in [0.717, 1.165) is 21.3 Å². The van der Waals surface area contributed by atoms with Crippen LogP contribution in [0.2, 0.25) is 0 Å². The molecule has 0 aliphatic carbocycles. The van der Waals surface area contributed by atoms with Crippen LogP contribution in [0, 0.1) is 6.92 Å². The topological polar surface area (TPSA) is 87.7 Å². The van der Waals surface area contributed by atoms with Crippen molar-refractivity contribution in [3.63, 3.8) is 0 Å². The lowest BCUT2D eigenvalue weighted by Crippen LogP contribution is -1.96. The van der Waals surface area contributed by atoms with Crippen LogP contribution in [0.25, 0.3) is 21.5 Å². The maximum atomic E-state index is 11.0. The van der Waals surface area contributed by atoms with Gasteiger partial charge in [-0.1, -0.05) is 29.5 Å². The molecular weight excluding hydrogens is 362 g/mol. The molecule has 0 atom stereocenters. The molecule has 7 heteroatoms. The van der Waals surface area contributed by atoms with Gasteiger partial charge >= 0.3 is 5.97 Å². The van der Waals surface area contributed by atoms with Gasteiger partial charge in [0, 0.05) is 5.56 Å². The van der Waals surface area contributed by atoms with Crippen LogP contribution < -0.4 is 5.43 Å². The second-order valence-electron chi connectivity index (χ2n) is 5.89. The fourth-order valence-electron chi connectivity index (χ4n) is 2.71. The van der Waals surface area contributed by atoms with E-state index in [-0.39, 0.29) is 5.56 Å². The molecule has 27 heavy (non-hydrogen) atoms. The van der Waals surface area contributed by atoms with Gasteiger partial charge in [0.05, 0.1) is 22.0 Å². The Bertz CT molecular complexity index is 1130. The van der Waals surface area contributed by atoms with Crippen molar-refractivity contribution in [1.29, 1.82) is 0 Å². The van der Waals surface area contributed by atoms with E-state index in [1.807, 2.05) is 43.3 Å². The lowest BCUT2D eigenvalue weighted by molar-refractivity contribution is 0.0697. The molecule has 0 saturated heterocycles. The highest BCUT2D eigenvalue weighted by Crippen LogP contribution is 2.27. The number of para-hydroxylation sites is 1. The molecule has 0 unspecified atom stereocenters. The summed E-state index contributed by atoms with van der Waals surface area (Å²) in [5.74, 6) is 0.295. The number of nitrogens with one attached hydrogen (secondary N) is 1. The third kappa shape index (κ3) is 3.58. The van der Waals surface area contributed by atoms with Crippen molar-refractivity contribution in [3.05, 3.63) is 71.5 Å². The van der Waals surface area contributed by atoms with Crippen molar-refractivity contribution in [2.45, 2.75) is 6.92 Å². The molecule has 0 bridgehead atoms. The zero-order valence-corrected chi connectivity index (χ0v) is 15.2. The first-order valence-corrected chi connectivity index (χ1v) is 9.00. The molecule has 2 aromatic heterocycles. The molecular formula is C20H15N3O3S. The van der Waals surface area contributed by atoms with Crippen LogP contribution in [-0.4, -0.2) is 22.3 Å². The number of hydrazone groups is 1. The molecule has 0 saturated carbocycles. The Balaban J connectivity index is 1.49. The zero-order chi connectivity index (χ0) is 18.8. The minimum atomic E-state index is -0.946. The molecule has 0 spiro atoms. The third-order valence-corrected chi connectivity index (χ3v) is 4.95. The van der Waals surface area contributed by atoms with Gasteiger partial charge in [-0.2, -0.15) is 5.10 Å². The molecule has 4 aromatic rings. The van der Waals surface area contributed by atoms with Gasteiger partial charge in [-0.15, -0.1) is 0 Å². The maximum absolute atomic E-state index is 11.0. The Morgan fingerprint density at radius 3 is 2.85 bits per heavy atom. The van der Waals surface area contributed by atoms with Crippen LogP contribution in [0.4, 0.5) is 5.13 Å².